The first-order chi connectivity index (χ1) is 13.5. The van der Waals surface area contributed by atoms with Crippen molar-refractivity contribution in [2.45, 2.75) is 31.1 Å². The van der Waals surface area contributed by atoms with Crippen LogP contribution in [-0.4, -0.2) is 36.7 Å². The van der Waals surface area contributed by atoms with Gasteiger partial charge < -0.3 is 5.32 Å². The Labute approximate surface area is 168 Å². The van der Waals surface area contributed by atoms with E-state index >= 15 is 0 Å². The fourth-order valence-corrected chi connectivity index (χ4v) is 6.25. The van der Waals surface area contributed by atoms with Crippen molar-refractivity contribution in [3.8, 4) is 0 Å². The highest BCUT2D eigenvalue weighted by Gasteiger charge is 2.31. The number of sulfonamides is 1. The topological polar surface area (TPSA) is 79.4 Å². The molecule has 1 aliphatic heterocycles. The lowest BCUT2D eigenvalue weighted by Gasteiger charge is -2.25. The number of benzene rings is 1. The zero-order valence-corrected chi connectivity index (χ0v) is 17.1. The molecule has 0 bridgehead atoms. The number of amides is 1. The van der Waals surface area contributed by atoms with Crippen molar-refractivity contribution in [3.05, 3.63) is 52.3 Å². The van der Waals surface area contributed by atoms with Gasteiger partial charge in [-0.1, -0.05) is 24.6 Å². The van der Waals surface area contributed by atoms with E-state index in [1.165, 1.54) is 10.4 Å². The highest BCUT2D eigenvalue weighted by atomic mass is 32.2. The molecule has 28 heavy (non-hydrogen) atoms. The number of hydrogen-bond acceptors (Lipinski definition) is 5. The first-order valence-electron chi connectivity index (χ1n) is 9.22. The van der Waals surface area contributed by atoms with Gasteiger partial charge in [-0.15, -0.1) is 11.3 Å². The van der Waals surface area contributed by atoms with Crippen LogP contribution in [0.3, 0.4) is 0 Å². The van der Waals surface area contributed by atoms with Gasteiger partial charge in [-0.25, -0.2) is 8.42 Å². The third-order valence-electron chi connectivity index (χ3n) is 4.88. The number of thiophene rings is 1. The fourth-order valence-electron chi connectivity index (χ4n) is 3.44. The Morgan fingerprint density at radius 2 is 1.89 bits per heavy atom. The van der Waals surface area contributed by atoms with Crippen molar-refractivity contribution in [1.29, 1.82) is 0 Å². The number of para-hydroxylation sites is 1. The van der Waals surface area contributed by atoms with Crippen LogP contribution in [0, 0.1) is 6.92 Å². The highest BCUT2D eigenvalue weighted by molar-refractivity contribution is 7.89. The summed E-state index contributed by atoms with van der Waals surface area (Å²) in [7, 11) is -3.67. The molecule has 4 rings (SSSR count). The van der Waals surface area contributed by atoms with Crippen molar-refractivity contribution in [3.63, 3.8) is 0 Å². The van der Waals surface area contributed by atoms with E-state index in [-0.39, 0.29) is 9.77 Å². The normalized spacial score (nSPS) is 15.6. The molecule has 1 N–H and O–H groups in total. The van der Waals surface area contributed by atoms with Crippen LogP contribution in [0.25, 0.3) is 10.9 Å². The van der Waals surface area contributed by atoms with Crippen LogP contribution in [0.15, 0.2) is 46.7 Å². The molecule has 0 saturated carbocycles. The summed E-state index contributed by atoms with van der Waals surface area (Å²) in [6.45, 7) is 2.90. The third-order valence-corrected chi connectivity index (χ3v) is 7.86. The van der Waals surface area contributed by atoms with Gasteiger partial charge in [0.25, 0.3) is 5.91 Å². The summed E-state index contributed by atoms with van der Waals surface area (Å²) < 4.78 is 27.5. The SMILES string of the molecule is Cc1ccc2cccc(NC(=O)c3sccc3S(=O)(=O)N3CCCCC3)c2n1. The van der Waals surface area contributed by atoms with Gasteiger partial charge in [0.1, 0.15) is 9.77 Å². The smallest absolute Gasteiger partial charge is 0.267 e. The molecule has 0 spiro atoms. The van der Waals surface area contributed by atoms with E-state index in [4.69, 9.17) is 0 Å². The quantitative estimate of drug-likeness (QED) is 0.698. The minimum Gasteiger partial charge on any atom is -0.319 e. The lowest BCUT2D eigenvalue weighted by atomic mass is 10.1. The number of aromatic nitrogens is 1. The molecular weight excluding hydrogens is 394 g/mol. The number of hydrogen-bond donors (Lipinski definition) is 1. The molecular formula is C20H21N3O3S2. The molecule has 0 radical (unpaired) electrons. The monoisotopic (exact) mass is 415 g/mol. The number of nitrogens with zero attached hydrogens (tertiary/aromatic N) is 2. The van der Waals surface area contributed by atoms with Gasteiger partial charge in [-0.3, -0.25) is 9.78 Å². The third kappa shape index (κ3) is 3.55. The van der Waals surface area contributed by atoms with E-state index in [9.17, 15) is 13.2 Å². The van der Waals surface area contributed by atoms with Crippen molar-refractivity contribution >= 4 is 43.9 Å². The molecule has 1 aromatic carbocycles. The molecule has 2 aromatic heterocycles. The van der Waals surface area contributed by atoms with Gasteiger partial charge in [0.15, 0.2) is 0 Å². The summed E-state index contributed by atoms with van der Waals surface area (Å²) in [5.74, 6) is -0.429. The summed E-state index contributed by atoms with van der Waals surface area (Å²) >= 11 is 1.14. The van der Waals surface area contributed by atoms with Crippen LogP contribution in [0.4, 0.5) is 5.69 Å². The van der Waals surface area contributed by atoms with Crippen LogP contribution in [0.5, 0.6) is 0 Å². The Bertz CT molecular complexity index is 1130. The number of rotatable bonds is 4. The first kappa shape index (κ1) is 19.0. The van der Waals surface area contributed by atoms with Crippen LogP contribution >= 0.6 is 11.3 Å². The Kier molecular flexibility index (Phi) is 5.18. The standard InChI is InChI=1S/C20H21N3O3S2/c1-14-8-9-15-6-5-7-16(18(15)21-14)22-20(24)19-17(10-13-27-19)28(25,26)23-11-3-2-4-12-23/h5-10,13H,2-4,11-12H2,1H3,(H,22,24). The summed E-state index contributed by atoms with van der Waals surface area (Å²) in [4.78, 5) is 17.7. The first-order valence-corrected chi connectivity index (χ1v) is 11.5. The zero-order valence-electron chi connectivity index (χ0n) is 15.5. The van der Waals surface area contributed by atoms with Crippen LogP contribution < -0.4 is 5.32 Å². The lowest BCUT2D eigenvalue weighted by molar-refractivity contribution is 0.102. The maximum absolute atomic E-state index is 13.0. The summed E-state index contributed by atoms with van der Waals surface area (Å²) in [5.41, 5.74) is 2.10. The molecule has 1 aliphatic rings. The van der Waals surface area contributed by atoms with Crippen LogP contribution in [-0.2, 0) is 10.0 Å². The van der Waals surface area contributed by atoms with Crippen molar-refractivity contribution in [2.75, 3.05) is 18.4 Å². The van der Waals surface area contributed by atoms with E-state index in [0.717, 1.165) is 41.7 Å². The van der Waals surface area contributed by atoms with Crippen molar-refractivity contribution in [1.82, 2.24) is 9.29 Å². The summed E-state index contributed by atoms with van der Waals surface area (Å²) in [6, 6.07) is 10.9. The second kappa shape index (κ2) is 7.62. The molecule has 3 aromatic rings. The zero-order chi connectivity index (χ0) is 19.7. The molecule has 1 fully saturated rings. The number of piperidine rings is 1. The van der Waals surface area contributed by atoms with Crippen molar-refractivity contribution < 1.29 is 13.2 Å². The molecule has 1 saturated heterocycles. The van der Waals surface area contributed by atoms with E-state index in [2.05, 4.69) is 10.3 Å². The number of aryl methyl sites for hydroxylation is 1. The molecule has 146 valence electrons. The van der Waals surface area contributed by atoms with Crippen LogP contribution in [0.1, 0.15) is 34.6 Å². The maximum atomic E-state index is 13.0. The number of fused-ring (bicyclic) bond motifs is 1. The largest absolute Gasteiger partial charge is 0.319 e. The molecule has 0 unspecified atom stereocenters. The Morgan fingerprint density at radius 3 is 2.68 bits per heavy atom. The van der Waals surface area contributed by atoms with Crippen molar-refractivity contribution in [2.24, 2.45) is 0 Å². The van der Waals surface area contributed by atoms with Gasteiger partial charge in [-0.2, -0.15) is 4.31 Å². The van der Waals surface area contributed by atoms with Gasteiger partial charge in [0.05, 0.1) is 11.2 Å². The number of carbonyl (C=O) groups excluding carboxylic acids is 1. The van der Waals surface area contributed by atoms with E-state index in [1.807, 2.05) is 31.2 Å². The Morgan fingerprint density at radius 1 is 1.11 bits per heavy atom. The van der Waals surface area contributed by atoms with Gasteiger partial charge in [-0.05, 0) is 43.3 Å². The minimum absolute atomic E-state index is 0.0845. The number of pyridine rings is 1. The second-order valence-electron chi connectivity index (χ2n) is 6.86. The Hall–Kier alpha value is -2.29. The van der Waals surface area contributed by atoms with E-state index in [1.54, 1.807) is 11.4 Å². The van der Waals surface area contributed by atoms with Gasteiger partial charge in [0, 0.05) is 24.2 Å². The maximum Gasteiger partial charge on any atom is 0.267 e. The van der Waals surface area contributed by atoms with Gasteiger partial charge >= 0.3 is 0 Å². The predicted octanol–water partition coefficient (Wildman–Crippen LogP) is 4.03. The minimum atomic E-state index is -3.67. The predicted molar refractivity (Wildman–Crippen MR) is 111 cm³/mol. The second-order valence-corrected chi connectivity index (χ2v) is 9.69. The molecule has 6 nitrogen and oxygen atoms in total. The lowest BCUT2D eigenvalue weighted by Crippen LogP contribution is -2.36. The average molecular weight is 416 g/mol. The fraction of sp³-hybridized carbons (Fsp3) is 0.300. The highest BCUT2D eigenvalue weighted by Crippen LogP contribution is 2.29. The number of anilines is 1. The molecule has 1 amide bonds. The Balaban J connectivity index is 1.66. The molecule has 3 heterocycles. The molecule has 8 heteroatoms. The summed E-state index contributed by atoms with van der Waals surface area (Å²) in [6.07, 6.45) is 2.74. The number of nitrogens with one attached hydrogen (secondary N) is 1. The van der Waals surface area contributed by atoms with Crippen LogP contribution in [0.2, 0.25) is 0 Å². The average Bonchev–Trinajstić information content (AvgIpc) is 3.20. The van der Waals surface area contributed by atoms with E-state index in [0.29, 0.717) is 24.3 Å². The molecule has 0 aliphatic carbocycles. The van der Waals surface area contributed by atoms with E-state index < -0.39 is 15.9 Å². The number of carbonyl (C=O) groups is 1. The molecule has 0 atom stereocenters. The summed E-state index contributed by atoms with van der Waals surface area (Å²) in [5, 5.41) is 5.42. The van der Waals surface area contributed by atoms with Gasteiger partial charge in [0.2, 0.25) is 10.0 Å².